The molecule has 234 valence electrons. The number of carbonyl (C=O) groups is 2. The Morgan fingerprint density at radius 2 is 1.60 bits per heavy atom. The molecule has 0 atom stereocenters. The zero-order valence-electron chi connectivity index (χ0n) is 24.0. The average molecular weight is 623 g/mol. The van der Waals surface area contributed by atoms with Crippen LogP contribution in [0.15, 0.2) is 91.5 Å². The summed E-state index contributed by atoms with van der Waals surface area (Å²) in [6, 6.07) is 19.2. The standard InChI is InChI=1S/C32H29F3N4O6/c1-42-24-11-12-28(27(13-24)32(33,34)35)44-23-9-7-21(8-10-23)16-38-29(40)31(39-30(41)45-26-17-36-20-37-18-26)14-25(15-31)43-19-22-5-3-2-4-6-22/h2-13,17-18,20,25H,14-16,19H2,1H3,(H,38,40)(H,39,41). The van der Waals surface area contributed by atoms with Crippen molar-refractivity contribution in [1.29, 1.82) is 0 Å². The van der Waals surface area contributed by atoms with Crippen molar-refractivity contribution >= 4 is 12.0 Å². The summed E-state index contributed by atoms with van der Waals surface area (Å²) in [5.41, 5.74) is -0.637. The average Bonchev–Trinajstić information content (AvgIpc) is 3.02. The van der Waals surface area contributed by atoms with Gasteiger partial charge in [-0.15, -0.1) is 0 Å². The lowest BCUT2D eigenvalue weighted by Crippen LogP contribution is -2.67. The van der Waals surface area contributed by atoms with E-state index in [0.717, 1.165) is 11.6 Å². The molecule has 0 saturated heterocycles. The maximum Gasteiger partial charge on any atom is 0.420 e. The van der Waals surface area contributed by atoms with Gasteiger partial charge >= 0.3 is 12.3 Å². The van der Waals surface area contributed by atoms with E-state index in [1.54, 1.807) is 12.1 Å². The highest BCUT2D eigenvalue weighted by atomic mass is 19.4. The van der Waals surface area contributed by atoms with Crippen molar-refractivity contribution in [2.45, 2.75) is 43.8 Å². The van der Waals surface area contributed by atoms with Gasteiger partial charge in [0.15, 0.2) is 5.75 Å². The Balaban J connectivity index is 1.21. The van der Waals surface area contributed by atoms with Crippen LogP contribution in [0.25, 0.3) is 0 Å². The molecule has 1 heterocycles. The van der Waals surface area contributed by atoms with Crippen molar-refractivity contribution in [3.63, 3.8) is 0 Å². The number of hydrogen-bond donors (Lipinski definition) is 2. The maximum absolute atomic E-state index is 13.5. The molecule has 0 aliphatic heterocycles. The monoisotopic (exact) mass is 622 g/mol. The zero-order valence-corrected chi connectivity index (χ0v) is 24.0. The van der Waals surface area contributed by atoms with Crippen LogP contribution in [-0.4, -0.2) is 40.7 Å². The Morgan fingerprint density at radius 1 is 0.911 bits per heavy atom. The molecule has 0 unspecified atom stereocenters. The summed E-state index contributed by atoms with van der Waals surface area (Å²) in [6.07, 6.45) is -1.43. The van der Waals surface area contributed by atoms with E-state index in [2.05, 4.69) is 20.6 Å². The smallest absolute Gasteiger partial charge is 0.420 e. The number of nitrogens with one attached hydrogen (secondary N) is 2. The van der Waals surface area contributed by atoms with Crippen molar-refractivity contribution < 1.29 is 41.7 Å². The lowest BCUT2D eigenvalue weighted by molar-refractivity contribution is -0.140. The summed E-state index contributed by atoms with van der Waals surface area (Å²) in [6.45, 7) is 0.431. The third-order valence-electron chi connectivity index (χ3n) is 7.10. The van der Waals surface area contributed by atoms with Crippen LogP contribution in [0.4, 0.5) is 18.0 Å². The molecule has 4 aromatic rings. The molecule has 45 heavy (non-hydrogen) atoms. The van der Waals surface area contributed by atoms with Gasteiger partial charge in [-0.2, -0.15) is 13.2 Å². The number of ether oxygens (including phenoxy) is 4. The number of benzene rings is 3. The summed E-state index contributed by atoms with van der Waals surface area (Å²) >= 11 is 0. The SMILES string of the molecule is COc1ccc(Oc2ccc(CNC(=O)C3(NC(=O)Oc4cncnc4)CC(OCc4ccccc4)C3)cc2)c(C(F)(F)F)c1. The number of hydrogen-bond acceptors (Lipinski definition) is 8. The molecule has 1 fully saturated rings. The number of carbonyl (C=O) groups excluding carboxylic acids is 2. The number of alkyl halides is 3. The lowest BCUT2D eigenvalue weighted by Gasteiger charge is -2.45. The number of rotatable bonds is 11. The number of aromatic nitrogens is 2. The first kappa shape index (κ1) is 31.3. The molecule has 2 amide bonds. The number of nitrogens with zero attached hydrogens (tertiary/aromatic N) is 2. The van der Waals surface area contributed by atoms with E-state index in [-0.39, 0.29) is 48.5 Å². The number of amides is 2. The molecule has 1 aliphatic carbocycles. The van der Waals surface area contributed by atoms with Gasteiger partial charge < -0.3 is 29.6 Å². The van der Waals surface area contributed by atoms with Crippen LogP contribution in [-0.2, 0) is 28.9 Å². The topological polar surface area (TPSA) is 121 Å². The Labute approximate surface area is 256 Å². The van der Waals surface area contributed by atoms with Crippen LogP contribution >= 0.6 is 0 Å². The van der Waals surface area contributed by atoms with E-state index in [0.29, 0.717) is 12.2 Å². The molecule has 10 nitrogen and oxygen atoms in total. The van der Waals surface area contributed by atoms with E-state index < -0.39 is 29.3 Å². The van der Waals surface area contributed by atoms with Crippen LogP contribution in [0.1, 0.15) is 29.5 Å². The first-order valence-corrected chi connectivity index (χ1v) is 13.8. The molecular weight excluding hydrogens is 593 g/mol. The van der Waals surface area contributed by atoms with Crippen LogP contribution < -0.4 is 24.8 Å². The van der Waals surface area contributed by atoms with Crippen LogP contribution in [0.5, 0.6) is 23.0 Å². The normalized spacial score (nSPS) is 17.5. The van der Waals surface area contributed by atoms with Crippen LogP contribution in [0, 0.1) is 0 Å². The summed E-state index contributed by atoms with van der Waals surface area (Å²) in [5, 5.41) is 5.50. The summed E-state index contributed by atoms with van der Waals surface area (Å²) in [5.74, 6) is -0.488. The second-order valence-electron chi connectivity index (χ2n) is 10.3. The number of halogens is 3. The quantitative estimate of drug-likeness (QED) is 0.215. The molecule has 1 aliphatic rings. The molecule has 0 spiro atoms. The summed E-state index contributed by atoms with van der Waals surface area (Å²) in [7, 11) is 1.28. The lowest BCUT2D eigenvalue weighted by atomic mass is 9.73. The molecule has 0 radical (unpaired) electrons. The fourth-order valence-corrected chi connectivity index (χ4v) is 4.73. The van der Waals surface area contributed by atoms with Gasteiger partial charge in [-0.1, -0.05) is 42.5 Å². The van der Waals surface area contributed by atoms with Crippen molar-refractivity contribution in [3.05, 3.63) is 108 Å². The largest absolute Gasteiger partial charge is 0.497 e. The van der Waals surface area contributed by atoms with Crippen LogP contribution in [0.3, 0.4) is 0 Å². The second kappa shape index (κ2) is 13.6. The van der Waals surface area contributed by atoms with Gasteiger partial charge in [0.05, 0.1) is 32.2 Å². The second-order valence-corrected chi connectivity index (χ2v) is 10.3. The fourth-order valence-electron chi connectivity index (χ4n) is 4.73. The Morgan fingerprint density at radius 3 is 2.27 bits per heavy atom. The minimum absolute atomic E-state index is 0.0518. The van der Waals surface area contributed by atoms with Gasteiger partial charge in [-0.25, -0.2) is 14.8 Å². The molecule has 5 rings (SSSR count). The molecule has 13 heteroatoms. The van der Waals surface area contributed by atoms with Gasteiger partial charge in [0.2, 0.25) is 5.91 Å². The highest BCUT2D eigenvalue weighted by Crippen LogP contribution is 2.40. The fraction of sp³-hybridized carbons (Fsp3) is 0.250. The third-order valence-corrected chi connectivity index (χ3v) is 7.10. The van der Waals surface area contributed by atoms with Crippen molar-refractivity contribution in [2.75, 3.05) is 7.11 Å². The van der Waals surface area contributed by atoms with Crippen molar-refractivity contribution in [1.82, 2.24) is 20.6 Å². The predicted octanol–water partition coefficient (Wildman–Crippen LogP) is 5.82. The highest BCUT2D eigenvalue weighted by molar-refractivity contribution is 5.91. The van der Waals surface area contributed by atoms with Gasteiger partial charge in [-0.05, 0) is 41.5 Å². The van der Waals surface area contributed by atoms with Gasteiger partial charge in [0.1, 0.15) is 34.7 Å². The summed E-state index contributed by atoms with van der Waals surface area (Å²) < 4.78 is 62.3. The molecule has 2 N–H and O–H groups in total. The van der Waals surface area contributed by atoms with Crippen LogP contribution in [0.2, 0.25) is 0 Å². The van der Waals surface area contributed by atoms with Gasteiger partial charge in [0.25, 0.3) is 0 Å². The van der Waals surface area contributed by atoms with Crippen molar-refractivity contribution in [2.24, 2.45) is 0 Å². The van der Waals surface area contributed by atoms with Crippen molar-refractivity contribution in [3.8, 4) is 23.0 Å². The zero-order chi connectivity index (χ0) is 31.9. The van der Waals surface area contributed by atoms with E-state index in [9.17, 15) is 22.8 Å². The first-order chi connectivity index (χ1) is 21.6. The van der Waals surface area contributed by atoms with Gasteiger partial charge in [0, 0.05) is 19.4 Å². The summed E-state index contributed by atoms with van der Waals surface area (Å²) in [4.78, 5) is 33.7. The maximum atomic E-state index is 13.5. The van der Waals surface area contributed by atoms with E-state index in [4.69, 9.17) is 18.9 Å². The molecule has 0 bridgehead atoms. The Bertz CT molecular complexity index is 1600. The van der Waals surface area contributed by atoms with E-state index in [1.807, 2.05) is 30.3 Å². The Kier molecular flexibility index (Phi) is 9.48. The first-order valence-electron chi connectivity index (χ1n) is 13.8. The minimum Gasteiger partial charge on any atom is -0.497 e. The molecule has 3 aromatic carbocycles. The molecule has 1 aromatic heterocycles. The van der Waals surface area contributed by atoms with E-state index >= 15 is 0 Å². The molecular formula is C32H29F3N4O6. The molecule has 1 saturated carbocycles. The van der Waals surface area contributed by atoms with E-state index in [1.165, 1.54) is 50.1 Å². The predicted molar refractivity (Wildman–Crippen MR) is 155 cm³/mol. The third kappa shape index (κ3) is 8.06. The van der Waals surface area contributed by atoms with Gasteiger partial charge in [-0.3, -0.25) is 4.79 Å². The Hall–Kier alpha value is -5.17. The highest BCUT2D eigenvalue weighted by Gasteiger charge is 2.52. The minimum atomic E-state index is -4.65. The number of methoxy groups -OCH3 is 1.